The second kappa shape index (κ2) is 6.83. The topological polar surface area (TPSA) is 54.9 Å². The summed E-state index contributed by atoms with van der Waals surface area (Å²) in [6.45, 7) is 2.36. The minimum Gasteiger partial charge on any atom is -0.348 e. The number of amides is 1. The average molecular weight is 303 g/mol. The Labute approximate surface area is 135 Å². The number of benzene rings is 1. The zero-order valence-electron chi connectivity index (χ0n) is 12.9. The zero-order chi connectivity index (χ0) is 16.1. The lowest BCUT2D eigenvalue weighted by atomic mass is 10.1. The van der Waals surface area contributed by atoms with Gasteiger partial charge < -0.3 is 5.32 Å². The number of pyridine rings is 2. The van der Waals surface area contributed by atoms with E-state index in [1.54, 1.807) is 18.6 Å². The largest absolute Gasteiger partial charge is 0.348 e. The SMILES string of the molecule is Cc1ccccc1C(=O)NCc1cccnc1-c1ccncc1. The van der Waals surface area contributed by atoms with Crippen molar-refractivity contribution in [3.05, 3.63) is 83.8 Å². The molecule has 2 aromatic heterocycles. The number of aromatic nitrogens is 2. The quantitative estimate of drug-likeness (QED) is 0.804. The maximum Gasteiger partial charge on any atom is 0.251 e. The van der Waals surface area contributed by atoms with Crippen molar-refractivity contribution in [2.45, 2.75) is 13.5 Å². The fourth-order valence-electron chi connectivity index (χ4n) is 2.45. The van der Waals surface area contributed by atoms with Gasteiger partial charge in [-0.3, -0.25) is 14.8 Å². The molecular formula is C19H17N3O. The molecule has 0 bridgehead atoms. The van der Waals surface area contributed by atoms with Crippen LogP contribution in [0, 0.1) is 6.92 Å². The molecule has 23 heavy (non-hydrogen) atoms. The maximum absolute atomic E-state index is 12.3. The van der Waals surface area contributed by atoms with Gasteiger partial charge in [0.2, 0.25) is 0 Å². The molecular weight excluding hydrogens is 286 g/mol. The van der Waals surface area contributed by atoms with Crippen LogP contribution in [-0.2, 0) is 6.54 Å². The normalized spacial score (nSPS) is 10.3. The summed E-state index contributed by atoms with van der Waals surface area (Å²) in [7, 11) is 0. The third-order valence-electron chi connectivity index (χ3n) is 3.67. The van der Waals surface area contributed by atoms with Gasteiger partial charge in [0.25, 0.3) is 5.91 Å². The molecule has 0 spiro atoms. The van der Waals surface area contributed by atoms with E-state index in [4.69, 9.17) is 0 Å². The van der Waals surface area contributed by atoms with Crippen LogP contribution in [0.15, 0.2) is 67.1 Å². The van der Waals surface area contributed by atoms with Gasteiger partial charge in [0.15, 0.2) is 0 Å². The molecule has 1 N–H and O–H groups in total. The summed E-state index contributed by atoms with van der Waals surface area (Å²) in [4.78, 5) is 20.8. The number of carbonyl (C=O) groups is 1. The lowest BCUT2D eigenvalue weighted by Gasteiger charge is -2.11. The van der Waals surface area contributed by atoms with E-state index in [2.05, 4.69) is 15.3 Å². The van der Waals surface area contributed by atoms with Gasteiger partial charge in [-0.2, -0.15) is 0 Å². The predicted octanol–water partition coefficient (Wildman–Crippen LogP) is 3.38. The molecule has 0 unspecified atom stereocenters. The molecule has 0 fully saturated rings. The van der Waals surface area contributed by atoms with E-state index in [9.17, 15) is 4.79 Å². The van der Waals surface area contributed by atoms with Gasteiger partial charge in [-0.05, 0) is 42.3 Å². The monoisotopic (exact) mass is 303 g/mol. The molecule has 3 aromatic rings. The third kappa shape index (κ3) is 3.43. The number of nitrogens with zero attached hydrogens (tertiary/aromatic N) is 2. The highest BCUT2D eigenvalue weighted by Gasteiger charge is 2.10. The van der Waals surface area contributed by atoms with E-state index >= 15 is 0 Å². The van der Waals surface area contributed by atoms with Gasteiger partial charge in [0, 0.05) is 36.3 Å². The van der Waals surface area contributed by atoms with Crippen molar-refractivity contribution in [1.29, 1.82) is 0 Å². The Bertz CT molecular complexity index is 816. The first-order valence-corrected chi connectivity index (χ1v) is 7.44. The smallest absolute Gasteiger partial charge is 0.251 e. The standard InChI is InChI=1S/C19H17N3O/c1-14-5-2-3-7-17(14)19(23)22-13-16-6-4-10-21-18(16)15-8-11-20-12-9-15/h2-12H,13H2,1H3,(H,22,23). The number of hydrogen-bond donors (Lipinski definition) is 1. The Balaban J connectivity index is 1.79. The molecule has 4 nitrogen and oxygen atoms in total. The first kappa shape index (κ1) is 14.9. The summed E-state index contributed by atoms with van der Waals surface area (Å²) in [5.74, 6) is -0.0763. The van der Waals surface area contributed by atoms with E-state index in [-0.39, 0.29) is 5.91 Å². The first-order chi connectivity index (χ1) is 11.3. The highest BCUT2D eigenvalue weighted by atomic mass is 16.1. The highest BCUT2D eigenvalue weighted by molar-refractivity contribution is 5.95. The molecule has 1 aromatic carbocycles. The highest BCUT2D eigenvalue weighted by Crippen LogP contribution is 2.20. The number of hydrogen-bond acceptors (Lipinski definition) is 3. The molecule has 0 saturated carbocycles. The number of aryl methyl sites for hydroxylation is 1. The fraction of sp³-hybridized carbons (Fsp3) is 0.105. The molecule has 3 rings (SSSR count). The van der Waals surface area contributed by atoms with Crippen LogP contribution < -0.4 is 5.32 Å². The summed E-state index contributed by atoms with van der Waals surface area (Å²) >= 11 is 0. The van der Waals surface area contributed by atoms with Crippen molar-refractivity contribution in [2.24, 2.45) is 0 Å². The van der Waals surface area contributed by atoms with Gasteiger partial charge in [-0.15, -0.1) is 0 Å². The molecule has 1 amide bonds. The fourth-order valence-corrected chi connectivity index (χ4v) is 2.45. The molecule has 0 aliphatic heterocycles. The van der Waals surface area contributed by atoms with Crippen LogP contribution in [0.25, 0.3) is 11.3 Å². The number of carbonyl (C=O) groups excluding carboxylic acids is 1. The van der Waals surface area contributed by atoms with Crippen LogP contribution in [0.1, 0.15) is 21.5 Å². The van der Waals surface area contributed by atoms with Crippen molar-refractivity contribution in [1.82, 2.24) is 15.3 Å². The summed E-state index contributed by atoms with van der Waals surface area (Å²) in [5, 5.41) is 2.97. The molecule has 114 valence electrons. The Morgan fingerprint density at radius 3 is 2.57 bits per heavy atom. The first-order valence-electron chi connectivity index (χ1n) is 7.44. The van der Waals surface area contributed by atoms with Crippen molar-refractivity contribution in [2.75, 3.05) is 0 Å². The summed E-state index contributed by atoms with van der Waals surface area (Å²) in [5.41, 5.74) is 4.48. The Kier molecular flexibility index (Phi) is 4.43. The van der Waals surface area contributed by atoms with Crippen LogP contribution in [0.3, 0.4) is 0 Å². The van der Waals surface area contributed by atoms with E-state index in [1.165, 1.54) is 0 Å². The lowest BCUT2D eigenvalue weighted by molar-refractivity contribution is 0.0950. The summed E-state index contributed by atoms with van der Waals surface area (Å²) < 4.78 is 0. The van der Waals surface area contributed by atoms with Crippen molar-refractivity contribution < 1.29 is 4.79 Å². The molecule has 0 aliphatic carbocycles. The molecule has 0 aliphatic rings. The van der Waals surface area contributed by atoms with E-state index in [0.29, 0.717) is 12.1 Å². The number of rotatable bonds is 4. The van der Waals surface area contributed by atoms with Crippen LogP contribution in [0.4, 0.5) is 0 Å². The average Bonchev–Trinajstić information content (AvgIpc) is 2.61. The van der Waals surface area contributed by atoms with Gasteiger partial charge in [-0.1, -0.05) is 24.3 Å². The predicted molar refractivity (Wildman–Crippen MR) is 89.8 cm³/mol. The molecule has 0 saturated heterocycles. The molecule has 0 atom stereocenters. The third-order valence-corrected chi connectivity index (χ3v) is 3.67. The summed E-state index contributed by atoms with van der Waals surface area (Å²) in [6.07, 6.45) is 5.22. The van der Waals surface area contributed by atoms with Gasteiger partial charge in [0.05, 0.1) is 5.69 Å². The Morgan fingerprint density at radius 1 is 1.00 bits per heavy atom. The number of nitrogens with one attached hydrogen (secondary N) is 1. The minimum atomic E-state index is -0.0763. The molecule has 2 heterocycles. The lowest BCUT2D eigenvalue weighted by Crippen LogP contribution is -2.24. The minimum absolute atomic E-state index is 0.0763. The van der Waals surface area contributed by atoms with Crippen LogP contribution in [0.5, 0.6) is 0 Å². The summed E-state index contributed by atoms with van der Waals surface area (Å²) in [6, 6.07) is 15.2. The molecule has 0 radical (unpaired) electrons. The van der Waals surface area contributed by atoms with E-state index in [1.807, 2.05) is 55.5 Å². The van der Waals surface area contributed by atoms with E-state index in [0.717, 1.165) is 22.4 Å². The van der Waals surface area contributed by atoms with Gasteiger partial charge in [-0.25, -0.2) is 0 Å². The molecule has 4 heteroatoms. The van der Waals surface area contributed by atoms with Gasteiger partial charge in [0.1, 0.15) is 0 Å². The van der Waals surface area contributed by atoms with Crippen LogP contribution in [-0.4, -0.2) is 15.9 Å². The maximum atomic E-state index is 12.3. The second-order valence-corrected chi connectivity index (χ2v) is 5.24. The van der Waals surface area contributed by atoms with Crippen molar-refractivity contribution in [3.63, 3.8) is 0 Å². The van der Waals surface area contributed by atoms with Crippen molar-refractivity contribution in [3.8, 4) is 11.3 Å². The van der Waals surface area contributed by atoms with Crippen LogP contribution >= 0.6 is 0 Å². The van der Waals surface area contributed by atoms with E-state index < -0.39 is 0 Å². The van der Waals surface area contributed by atoms with Crippen LogP contribution in [0.2, 0.25) is 0 Å². The second-order valence-electron chi connectivity index (χ2n) is 5.24. The van der Waals surface area contributed by atoms with Crippen molar-refractivity contribution >= 4 is 5.91 Å². The van der Waals surface area contributed by atoms with Gasteiger partial charge >= 0.3 is 0 Å². The Morgan fingerprint density at radius 2 is 1.78 bits per heavy atom. The zero-order valence-corrected chi connectivity index (χ0v) is 12.9. The Hall–Kier alpha value is -3.01.